The molecule has 0 fully saturated rings. The number of pyridine rings is 1. The van der Waals surface area contributed by atoms with Gasteiger partial charge in [0.1, 0.15) is 5.70 Å². The number of benzene rings is 2. The summed E-state index contributed by atoms with van der Waals surface area (Å²) in [5.74, 6) is 0.133. The van der Waals surface area contributed by atoms with Gasteiger partial charge in [-0.3, -0.25) is 19.5 Å². The number of amides is 2. The minimum atomic E-state index is -0.430. The van der Waals surface area contributed by atoms with Crippen LogP contribution >= 0.6 is 11.6 Å². The molecule has 4 rings (SSSR count). The van der Waals surface area contributed by atoms with Crippen molar-refractivity contribution in [2.75, 3.05) is 19.5 Å². The number of hydrogen-bond acceptors (Lipinski definition) is 6. The lowest BCUT2D eigenvalue weighted by molar-refractivity contribution is -0.137. The zero-order chi connectivity index (χ0) is 23.5. The summed E-state index contributed by atoms with van der Waals surface area (Å²) in [5.41, 5.74) is 3.15. The Bertz CT molecular complexity index is 1260. The molecule has 0 spiro atoms. The summed E-state index contributed by atoms with van der Waals surface area (Å²) < 4.78 is 10.7. The SMILES string of the molecule is COc1ccc(C2=C(Nc3cccc(Cl)c3C)C(=O)N(Cc3ccncc3)C2=O)cc1OC. The number of ether oxygens (including phenoxy) is 2. The van der Waals surface area contributed by atoms with Crippen molar-refractivity contribution in [3.63, 3.8) is 0 Å². The maximum Gasteiger partial charge on any atom is 0.278 e. The highest BCUT2D eigenvalue weighted by Crippen LogP contribution is 2.37. The van der Waals surface area contributed by atoms with E-state index in [0.29, 0.717) is 27.8 Å². The summed E-state index contributed by atoms with van der Waals surface area (Å²) in [5, 5.41) is 3.71. The van der Waals surface area contributed by atoms with Gasteiger partial charge in [-0.05, 0) is 60.0 Å². The first-order valence-corrected chi connectivity index (χ1v) is 10.6. The maximum absolute atomic E-state index is 13.5. The molecule has 2 amide bonds. The van der Waals surface area contributed by atoms with E-state index in [1.54, 1.807) is 54.9 Å². The van der Waals surface area contributed by atoms with Crippen molar-refractivity contribution in [1.29, 1.82) is 0 Å². The molecule has 3 aromatic rings. The molecule has 1 N–H and O–H groups in total. The number of carbonyl (C=O) groups excluding carboxylic acids is 2. The molecular weight excluding hydrogens is 442 g/mol. The van der Waals surface area contributed by atoms with Gasteiger partial charge in [-0.25, -0.2) is 0 Å². The van der Waals surface area contributed by atoms with E-state index in [9.17, 15) is 9.59 Å². The number of nitrogens with one attached hydrogen (secondary N) is 1. The largest absolute Gasteiger partial charge is 0.493 e. The monoisotopic (exact) mass is 463 g/mol. The fourth-order valence-electron chi connectivity index (χ4n) is 3.64. The summed E-state index contributed by atoms with van der Waals surface area (Å²) in [6.07, 6.45) is 3.25. The summed E-state index contributed by atoms with van der Waals surface area (Å²) in [4.78, 5) is 32.2. The summed E-state index contributed by atoms with van der Waals surface area (Å²) in [6, 6.07) is 14.0. The molecule has 0 unspecified atom stereocenters. The molecule has 33 heavy (non-hydrogen) atoms. The highest BCUT2D eigenvalue weighted by molar-refractivity contribution is 6.36. The smallest absolute Gasteiger partial charge is 0.278 e. The van der Waals surface area contributed by atoms with Crippen LogP contribution in [0, 0.1) is 6.92 Å². The van der Waals surface area contributed by atoms with E-state index in [4.69, 9.17) is 21.1 Å². The van der Waals surface area contributed by atoms with Gasteiger partial charge in [-0.1, -0.05) is 23.7 Å². The molecule has 2 aromatic carbocycles. The normalized spacial score (nSPS) is 13.5. The van der Waals surface area contributed by atoms with E-state index in [0.717, 1.165) is 11.1 Å². The van der Waals surface area contributed by atoms with Gasteiger partial charge in [0, 0.05) is 23.1 Å². The third-order valence-electron chi connectivity index (χ3n) is 5.46. The fourth-order valence-corrected chi connectivity index (χ4v) is 3.82. The molecule has 0 bridgehead atoms. The van der Waals surface area contributed by atoms with Crippen LogP contribution in [-0.4, -0.2) is 35.9 Å². The lowest BCUT2D eigenvalue weighted by atomic mass is 10.0. The Labute approximate surface area is 196 Å². The Balaban J connectivity index is 1.81. The number of hydrogen-bond donors (Lipinski definition) is 1. The highest BCUT2D eigenvalue weighted by Gasteiger charge is 2.39. The predicted molar refractivity (Wildman–Crippen MR) is 126 cm³/mol. The molecule has 0 saturated carbocycles. The van der Waals surface area contributed by atoms with E-state index in [1.165, 1.54) is 19.1 Å². The van der Waals surface area contributed by atoms with Gasteiger partial charge >= 0.3 is 0 Å². The van der Waals surface area contributed by atoms with Crippen molar-refractivity contribution in [3.05, 3.63) is 88.3 Å². The van der Waals surface area contributed by atoms with E-state index < -0.39 is 11.8 Å². The molecule has 1 aromatic heterocycles. The van der Waals surface area contributed by atoms with Crippen LogP contribution in [0.4, 0.5) is 5.69 Å². The summed E-state index contributed by atoms with van der Waals surface area (Å²) >= 11 is 6.27. The van der Waals surface area contributed by atoms with Crippen LogP contribution in [0.3, 0.4) is 0 Å². The van der Waals surface area contributed by atoms with Gasteiger partial charge in [0.05, 0.1) is 26.3 Å². The van der Waals surface area contributed by atoms with Crippen molar-refractivity contribution < 1.29 is 19.1 Å². The molecule has 168 valence electrons. The Hall–Kier alpha value is -3.84. The predicted octanol–water partition coefficient (Wildman–Crippen LogP) is 4.45. The molecular formula is C25H22ClN3O4. The second-order valence-corrected chi connectivity index (χ2v) is 7.82. The van der Waals surface area contributed by atoms with Gasteiger partial charge < -0.3 is 14.8 Å². The van der Waals surface area contributed by atoms with Crippen LogP contribution < -0.4 is 14.8 Å². The van der Waals surface area contributed by atoms with Crippen molar-refractivity contribution in [3.8, 4) is 11.5 Å². The van der Waals surface area contributed by atoms with E-state index in [2.05, 4.69) is 10.3 Å². The zero-order valence-electron chi connectivity index (χ0n) is 18.4. The van der Waals surface area contributed by atoms with Crippen molar-refractivity contribution >= 4 is 34.7 Å². The molecule has 1 aliphatic rings. The van der Waals surface area contributed by atoms with Crippen LogP contribution in [0.2, 0.25) is 5.02 Å². The molecule has 7 nitrogen and oxygen atoms in total. The lowest BCUT2D eigenvalue weighted by Crippen LogP contribution is -2.32. The topological polar surface area (TPSA) is 80.8 Å². The number of carbonyl (C=O) groups is 2. The maximum atomic E-state index is 13.5. The van der Waals surface area contributed by atoms with Gasteiger partial charge in [0.15, 0.2) is 11.5 Å². The number of nitrogens with zero attached hydrogens (tertiary/aromatic N) is 2. The lowest BCUT2D eigenvalue weighted by Gasteiger charge is -2.16. The van der Waals surface area contributed by atoms with Crippen LogP contribution in [0.25, 0.3) is 5.57 Å². The molecule has 0 aliphatic carbocycles. The number of anilines is 1. The molecule has 0 saturated heterocycles. The van der Waals surface area contributed by atoms with E-state index >= 15 is 0 Å². The third kappa shape index (κ3) is 4.27. The summed E-state index contributed by atoms with van der Waals surface area (Å²) in [7, 11) is 3.05. The fraction of sp³-hybridized carbons (Fsp3) is 0.160. The average molecular weight is 464 g/mol. The quantitative estimate of drug-likeness (QED) is 0.521. The Morgan fingerprint density at radius 2 is 1.70 bits per heavy atom. The molecule has 1 aliphatic heterocycles. The first-order valence-electron chi connectivity index (χ1n) is 10.2. The minimum absolute atomic E-state index is 0.122. The highest BCUT2D eigenvalue weighted by atomic mass is 35.5. The van der Waals surface area contributed by atoms with Crippen molar-refractivity contribution in [1.82, 2.24) is 9.88 Å². The number of rotatable bonds is 7. The van der Waals surface area contributed by atoms with Crippen LogP contribution in [0.5, 0.6) is 11.5 Å². The number of aromatic nitrogens is 1. The first kappa shape index (κ1) is 22.4. The Morgan fingerprint density at radius 1 is 0.970 bits per heavy atom. The number of halogens is 1. The minimum Gasteiger partial charge on any atom is -0.493 e. The third-order valence-corrected chi connectivity index (χ3v) is 5.87. The van der Waals surface area contributed by atoms with Crippen LogP contribution in [0.1, 0.15) is 16.7 Å². The Kier molecular flexibility index (Phi) is 6.33. The summed E-state index contributed by atoms with van der Waals surface area (Å²) in [6.45, 7) is 1.97. The molecule has 8 heteroatoms. The standard InChI is InChI=1S/C25H22ClN3O4/c1-15-18(26)5-4-6-19(15)28-23-22(17-7-8-20(32-2)21(13-17)33-3)24(30)29(25(23)31)14-16-9-11-27-12-10-16/h4-13,28H,14H2,1-3H3. The van der Waals surface area contributed by atoms with E-state index in [-0.39, 0.29) is 17.8 Å². The van der Waals surface area contributed by atoms with Gasteiger partial charge in [0.2, 0.25) is 0 Å². The Morgan fingerprint density at radius 3 is 2.39 bits per heavy atom. The van der Waals surface area contributed by atoms with Gasteiger partial charge in [0.25, 0.3) is 11.8 Å². The van der Waals surface area contributed by atoms with Crippen molar-refractivity contribution in [2.24, 2.45) is 0 Å². The molecule has 0 atom stereocenters. The van der Waals surface area contributed by atoms with Gasteiger partial charge in [-0.15, -0.1) is 0 Å². The molecule has 0 radical (unpaired) electrons. The van der Waals surface area contributed by atoms with Crippen LogP contribution in [-0.2, 0) is 16.1 Å². The number of methoxy groups -OCH3 is 2. The average Bonchev–Trinajstić information content (AvgIpc) is 3.06. The first-order chi connectivity index (χ1) is 15.9. The second-order valence-electron chi connectivity index (χ2n) is 7.41. The van der Waals surface area contributed by atoms with Gasteiger partial charge in [-0.2, -0.15) is 0 Å². The van der Waals surface area contributed by atoms with Crippen molar-refractivity contribution in [2.45, 2.75) is 13.5 Å². The zero-order valence-corrected chi connectivity index (χ0v) is 19.1. The van der Waals surface area contributed by atoms with E-state index in [1.807, 2.05) is 13.0 Å². The number of imide groups is 1. The van der Waals surface area contributed by atoms with Crippen LogP contribution in [0.15, 0.2) is 66.6 Å². The second kappa shape index (κ2) is 9.34. The molecule has 2 heterocycles.